The van der Waals surface area contributed by atoms with Crippen LogP contribution in [0.25, 0.3) is 11.1 Å². The van der Waals surface area contributed by atoms with Gasteiger partial charge in [0.15, 0.2) is 0 Å². The van der Waals surface area contributed by atoms with E-state index in [0.29, 0.717) is 17.2 Å². The van der Waals surface area contributed by atoms with Crippen molar-refractivity contribution in [3.05, 3.63) is 126 Å². The van der Waals surface area contributed by atoms with Crippen LogP contribution in [0.3, 0.4) is 0 Å². The quantitative estimate of drug-likeness (QED) is 0.0422. The van der Waals surface area contributed by atoms with Gasteiger partial charge in [-0.15, -0.1) is 18.9 Å². The summed E-state index contributed by atoms with van der Waals surface area (Å²) in [4.78, 5) is 4.94. The number of allylic oxidation sites excluding steroid dienone is 7. The summed E-state index contributed by atoms with van der Waals surface area (Å²) in [6, 6.07) is 6.39. The van der Waals surface area contributed by atoms with Crippen LogP contribution in [0, 0.1) is 11.6 Å². The second-order valence-corrected chi connectivity index (χ2v) is 20.9. The van der Waals surface area contributed by atoms with E-state index in [9.17, 15) is 8.78 Å². The first-order valence-corrected chi connectivity index (χ1v) is 30.6. The van der Waals surface area contributed by atoms with Gasteiger partial charge in [0, 0.05) is 66.7 Å². The fourth-order valence-corrected chi connectivity index (χ4v) is 9.52. The molecule has 418 valence electrons. The highest BCUT2D eigenvalue weighted by Gasteiger charge is 2.26. The number of benzene rings is 1. The summed E-state index contributed by atoms with van der Waals surface area (Å²) in [6.45, 7) is 49.2. The van der Waals surface area contributed by atoms with Crippen LogP contribution in [-0.4, -0.2) is 58.1 Å². The number of hydrogen-bond donors (Lipinski definition) is 1. The molecule has 1 N–H and O–H groups in total. The first kappa shape index (κ1) is 71.6. The van der Waals surface area contributed by atoms with Crippen LogP contribution >= 0.6 is 11.8 Å². The SMILES string of the molecule is C=C(C)CCCCCN(C(=C)CCC)C(C)CC.C=C=C(CSCCC(=C)C)N(CCNCCCC)C(CC)c1cc(-c2cc(F)ccc2F)cn1CC1=CC=CCC1.CC.CCCCC.CCCCCCC. The smallest absolute Gasteiger partial charge is 0.131 e. The van der Waals surface area contributed by atoms with Crippen molar-refractivity contribution >= 4 is 11.8 Å². The monoisotopic (exact) mass is 1030 g/mol. The first-order valence-electron chi connectivity index (χ1n) is 29.4. The van der Waals surface area contributed by atoms with Gasteiger partial charge in [-0.05, 0) is 122 Å². The van der Waals surface area contributed by atoms with Crippen LogP contribution < -0.4 is 5.32 Å². The molecule has 0 spiro atoms. The Bertz CT molecular complexity index is 1810. The Balaban J connectivity index is 0. The molecule has 0 fully saturated rings. The molecule has 0 amide bonds. The zero-order chi connectivity index (χ0) is 55.2. The number of nitrogens with one attached hydrogen (secondary N) is 1. The van der Waals surface area contributed by atoms with Crippen molar-refractivity contribution < 1.29 is 8.78 Å². The van der Waals surface area contributed by atoms with E-state index in [1.54, 1.807) is 0 Å². The van der Waals surface area contributed by atoms with Gasteiger partial charge in [-0.3, -0.25) is 0 Å². The predicted molar refractivity (Wildman–Crippen MR) is 328 cm³/mol. The maximum atomic E-state index is 14.9. The van der Waals surface area contributed by atoms with E-state index in [2.05, 4.69) is 152 Å². The molecule has 73 heavy (non-hydrogen) atoms. The van der Waals surface area contributed by atoms with Gasteiger partial charge in [0.05, 0.1) is 11.7 Å². The standard InChI is InChI=1S/C35H47F2N3S.C17H33N.C7H16.C5H12.C2H6/c1-6-9-18-38-19-20-40(31(7-2)26-41-21-17-27(4)5)34(8-3)35-22-29(32-23-30(36)15-16-33(32)37)25-39(35)24-28-13-11-10-12-14-28;1-7-12-17(6)18(16(5)8-2)14-11-9-10-13-15(3)4;1-3-5-7-6-4-2;1-3-5-4-2;1-2/h10-11,13,15-16,22-23,25,34,38H,2,4,6,8-9,12,14,17-21,24,26H2,1,3,5H3;16H,3,6-14H2,1-2,4-5H3;3-7H2,1-2H3;3-5H2,1-2H3;1-2H3. The molecule has 2 atom stereocenters. The number of unbranched alkanes of at least 4 members (excludes halogenated alkanes) is 9. The van der Waals surface area contributed by atoms with Gasteiger partial charge in [0.25, 0.3) is 0 Å². The minimum Gasteiger partial charge on any atom is -0.373 e. The lowest BCUT2D eigenvalue weighted by molar-refractivity contribution is 0.241. The van der Waals surface area contributed by atoms with E-state index in [1.165, 1.54) is 137 Å². The van der Waals surface area contributed by atoms with E-state index in [1.807, 2.05) is 31.8 Å². The molecule has 7 heteroatoms. The summed E-state index contributed by atoms with van der Waals surface area (Å²) in [5.41, 5.74) is 11.6. The minimum atomic E-state index is -0.439. The van der Waals surface area contributed by atoms with Gasteiger partial charge in [-0.25, -0.2) is 8.78 Å². The lowest BCUT2D eigenvalue weighted by Crippen LogP contribution is -2.36. The van der Waals surface area contributed by atoms with Crippen molar-refractivity contribution in [1.82, 2.24) is 19.7 Å². The van der Waals surface area contributed by atoms with Crippen LogP contribution in [0.2, 0.25) is 0 Å². The molecule has 1 aliphatic rings. The van der Waals surface area contributed by atoms with Crippen molar-refractivity contribution in [2.45, 2.75) is 243 Å². The lowest BCUT2D eigenvalue weighted by Gasteiger charge is -2.35. The zero-order valence-corrected chi connectivity index (χ0v) is 50.7. The number of thioether (sulfide) groups is 1. The predicted octanol–water partition coefficient (Wildman–Crippen LogP) is 21.0. The van der Waals surface area contributed by atoms with E-state index < -0.39 is 11.6 Å². The van der Waals surface area contributed by atoms with Gasteiger partial charge in [-0.2, -0.15) is 11.8 Å². The van der Waals surface area contributed by atoms with Gasteiger partial charge < -0.3 is 19.7 Å². The van der Waals surface area contributed by atoms with Crippen molar-refractivity contribution in [2.24, 2.45) is 0 Å². The summed E-state index contributed by atoms with van der Waals surface area (Å²) in [5, 5.41) is 3.60. The van der Waals surface area contributed by atoms with Gasteiger partial charge >= 0.3 is 0 Å². The fourth-order valence-electron chi connectivity index (χ4n) is 8.42. The maximum absolute atomic E-state index is 14.9. The molecule has 0 saturated carbocycles. The van der Waals surface area contributed by atoms with Crippen molar-refractivity contribution in [2.75, 3.05) is 37.7 Å². The third kappa shape index (κ3) is 33.9. The molecular formula is C66H114F2N4S. The van der Waals surface area contributed by atoms with E-state index >= 15 is 0 Å². The second-order valence-electron chi connectivity index (χ2n) is 19.8. The third-order valence-corrected chi connectivity index (χ3v) is 13.9. The van der Waals surface area contributed by atoms with E-state index in [0.717, 1.165) is 94.0 Å². The highest BCUT2D eigenvalue weighted by molar-refractivity contribution is 7.99. The van der Waals surface area contributed by atoms with Crippen molar-refractivity contribution in [3.8, 4) is 11.1 Å². The normalized spacial score (nSPS) is 12.2. The Morgan fingerprint density at radius 1 is 0.740 bits per heavy atom. The molecule has 1 aliphatic carbocycles. The van der Waals surface area contributed by atoms with E-state index in [4.69, 9.17) is 0 Å². The molecule has 0 saturated heterocycles. The number of aromatic nitrogens is 1. The topological polar surface area (TPSA) is 23.4 Å². The van der Waals surface area contributed by atoms with Crippen molar-refractivity contribution in [3.63, 3.8) is 0 Å². The Morgan fingerprint density at radius 3 is 1.92 bits per heavy atom. The van der Waals surface area contributed by atoms with Gasteiger partial charge in [-0.1, -0.05) is 188 Å². The molecule has 1 aromatic heterocycles. The fraction of sp³-hybridized carbons (Fsp3) is 0.652. The zero-order valence-electron chi connectivity index (χ0n) is 49.9. The Kier molecular flexibility index (Phi) is 47.2. The number of halogens is 2. The summed E-state index contributed by atoms with van der Waals surface area (Å²) >= 11 is 1.87. The average Bonchev–Trinajstić information content (AvgIpc) is 3.79. The molecule has 2 aromatic rings. The average molecular weight is 1030 g/mol. The molecule has 3 rings (SSSR count). The van der Waals surface area contributed by atoms with Gasteiger partial charge in [0.1, 0.15) is 11.6 Å². The number of hydrogen-bond acceptors (Lipinski definition) is 4. The summed E-state index contributed by atoms with van der Waals surface area (Å²) in [5.74, 6) is 0.956. The van der Waals surface area contributed by atoms with Crippen LogP contribution in [0.5, 0.6) is 0 Å². The molecule has 0 bridgehead atoms. The summed E-state index contributed by atoms with van der Waals surface area (Å²) < 4.78 is 31.4. The molecule has 4 nitrogen and oxygen atoms in total. The molecule has 0 aliphatic heterocycles. The number of rotatable bonds is 35. The number of nitrogens with zero attached hydrogens (tertiary/aromatic N) is 3. The van der Waals surface area contributed by atoms with Crippen LogP contribution in [-0.2, 0) is 6.54 Å². The summed E-state index contributed by atoms with van der Waals surface area (Å²) in [7, 11) is 0. The minimum absolute atomic E-state index is 0.0269. The highest BCUT2D eigenvalue weighted by atomic mass is 32.2. The summed E-state index contributed by atoms with van der Waals surface area (Å²) in [6.07, 6.45) is 34.3. The van der Waals surface area contributed by atoms with Crippen LogP contribution in [0.15, 0.2) is 109 Å². The molecule has 0 radical (unpaired) electrons. The highest BCUT2D eigenvalue weighted by Crippen LogP contribution is 2.35. The first-order chi connectivity index (χ1) is 35.2. The molecule has 2 unspecified atom stereocenters. The Hall–Kier alpha value is -3.51. The second kappa shape index (κ2) is 48.2. The van der Waals surface area contributed by atoms with Crippen LogP contribution in [0.4, 0.5) is 8.78 Å². The lowest BCUT2D eigenvalue weighted by atomic mass is 10.0. The van der Waals surface area contributed by atoms with Crippen LogP contribution in [0.1, 0.15) is 237 Å². The van der Waals surface area contributed by atoms with E-state index in [-0.39, 0.29) is 6.04 Å². The molecule has 1 aromatic carbocycles. The Labute approximate surface area is 456 Å². The maximum Gasteiger partial charge on any atom is 0.131 e. The third-order valence-electron chi connectivity index (χ3n) is 12.9. The molecular weight excluding hydrogens is 919 g/mol. The van der Waals surface area contributed by atoms with Crippen molar-refractivity contribution in [1.29, 1.82) is 0 Å². The Morgan fingerprint density at radius 2 is 1.38 bits per heavy atom. The largest absolute Gasteiger partial charge is 0.373 e. The molecule has 1 heterocycles. The van der Waals surface area contributed by atoms with Gasteiger partial charge in [0.2, 0.25) is 0 Å².